The first-order valence-corrected chi connectivity index (χ1v) is 10.7. The van der Waals surface area contributed by atoms with Crippen LogP contribution in [-0.2, 0) is 0 Å². The van der Waals surface area contributed by atoms with Gasteiger partial charge in [0.05, 0.1) is 11.1 Å². The van der Waals surface area contributed by atoms with E-state index in [-0.39, 0.29) is 16.6 Å². The van der Waals surface area contributed by atoms with Crippen molar-refractivity contribution in [2.45, 2.75) is 19.3 Å². The SMILES string of the molecule is CNc1nc(NN=Cc2ccc(N3CCCCC3)c([N+](=O)[O-])c2)nc(Nc2ccccc2)n1. The Morgan fingerprint density at radius 1 is 1.00 bits per heavy atom. The minimum Gasteiger partial charge on any atom is -0.366 e. The standard InChI is InChI=1S/C22H25N9O2/c1-23-20-26-21(25-17-8-4-2-5-9-17)28-22(27-20)29-24-15-16-10-11-18(19(14-16)31(32)33)30-12-6-3-7-13-30/h2,4-5,8-11,14-15H,3,6-7,12-13H2,1H3,(H3,23,25,26,27,28,29). The van der Waals surface area contributed by atoms with Gasteiger partial charge in [0.15, 0.2) is 0 Å². The van der Waals surface area contributed by atoms with Crippen LogP contribution in [0.15, 0.2) is 53.6 Å². The van der Waals surface area contributed by atoms with Gasteiger partial charge in [0, 0.05) is 37.5 Å². The van der Waals surface area contributed by atoms with Crippen molar-refractivity contribution in [1.29, 1.82) is 0 Å². The molecule has 0 spiro atoms. The monoisotopic (exact) mass is 447 g/mol. The Kier molecular flexibility index (Phi) is 6.88. The van der Waals surface area contributed by atoms with Crippen LogP contribution in [0.2, 0.25) is 0 Å². The zero-order valence-corrected chi connectivity index (χ0v) is 18.2. The second-order valence-electron chi connectivity index (χ2n) is 7.47. The Bertz CT molecular complexity index is 1130. The van der Waals surface area contributed by atoms with Crippen molar-refractivity contribution in [2.24, 2.45) is 5.10 Å². The van der Waals surface area contributed by atoms with Gasteiger partial charge in [-0.15, -0.1) is 0 Å². The lowest BCUT2D eigenvalue weighted by Gasteiger charge is -2.28. The molecule has 0 unspecified atom stereocenters. The molecule has 0 radical (unpaired) electrons. The zero-order chi connectivity index (χ0) is 23.0. The van der Waals surface area contributed by atoms with Crippen LogP contribution in [-0.4, -0.2) is 46.2 Å². The van der Waals surface area contributed by atoms with E-state index in [4.69, 9.17) is 0 Å². The first-order valence-electron chi connectivity index (χ1n) is 10.7. The molecule has 11 nitrogen and oxygen atoms in total. The summed E-state index contributed by atoms with van der Waals surface area (Å²) in [7, 11) is 1.71. The maximum atomic E-state index is 11.6. The summed E-state index contributed by atoms with van der Waals surface area (Å²) in [6, 6.07) is 14.7. The molecule has 33 heavy (non-hydrogen) atoms. The van der Waals surface area contributed by atoms with Gasteiger partial charge in [-0.3, -0.25) is 10.1 Å². The number of rotatable bonds is 8. The molecule has 0 aliphatic carbocycles. The van der Waals surface area contributed by atoms with Crippen molar-refractivity contribution in [3.8, 4) is 0 Å². The van der Waals surface area contributed by atoms with Gasteiger partial charge in [0.2, 0.25) is 17.8 Å². The van der Waals surface area contributed by atoms with E-state index in [1.165, 1.54) is 12.3 Å². The predicted molar refractivity (Wildman–Crippen MR) is 129 cm³/mol. The third-order valence-electron chi connectivity index (χ3n) is 5.16. The molecule has 1 aliphatic rings. The van der Waals surface area contributed by atoms with E-state index in [1.807, 2.05) is 36.4 Å². The van der Waals surface area contributed by atoms with Crippen LogP contribution in [0.3, 0.4) is 0 Å². The van der Waals surface area contributed by atoms with Crippen molar-refractivity contribution in [2.75, 3.05) is 41.1 Å². The van der Waals surface area contributed by atoms with Crippen LogP contribution in [0.1, 0.15) is 24.8 Å². The number of nitrogens with one attached hydrogen (secondary N) is 3. The highest BCUT2D eigenvalue weighted by Crippen LogP contribution is 2.31. The number of piperidine rings is 1. The van der Waals surface area contributed by atoms with Gasteiger partial charge in [0.1, 0.15) is 5.69 Å². The van der Waals surface area contributed by atoms with E-state index in [2.05, 4.69) is 41.0 Å². The highest BCUT2D eigenvalue weighted by molar-refractivity contribution is 5.83. The van der Waals surface area contributed by atoms with E-state index in [0.29, 0.717) is 23.1 Å². The number of hydrazone groups is 1. The quantitative estimate of drug-likeness (QED) is 0.266. The summed E-state index contributed by atoms with van der Waals surface area (Å²) >= 11 is 0. The first kappa shape index (κ1) is 21.9. The number of anilines is 5. The fourth-order valence-electron chi connectivity index (χ4n) is 3.58. The summed E-state index contributed by atoms with van der Waals surface area (Å²) in [6.07, 6.45) is 4.76. The lowest BCUT2D eigenvalue weighted by atomic mass is 10.1. The van der Waals surface area contributed by atoms with Gasteiger partial charge in [0.25, 0.3) is 5.69 Å². The average Bonchev–Trinajstić information content (AvgIpc) is 2.85. The Morgan fingerprint density at radius 2 is 1.73 bits per heavy atom. The molecule has 4 rings (SSSR count). The molecule has 1 aliphatic heterocycles. The number of benzene rings is 2. The molecule has 1 saturated heterocycles. The van der Waals surface area contributed by atoms with Gasteiger partial charge in [-0.05, 0) is 37.5 Å². The van der Waals surface area contributed by atoms with Crippen LogP contribution in [0, 0.1) is 10.1 Å². The molecule has 1 aromatic heterocycles. The molecule has 0 amide bonds. The number of para-hydroxylation sites is 1. The van der Waals surface area contributed by atoms with Crippen molar-refractivity contribution in [1.82, 2.24) is 15.0 Å². The summed E-state index contributed by atoms with van der Waals surface area (Å²) < 4.78 is 0. The molecule has 0 atom stereocenters. The number of aromatic nitrogens is 3. The lowest BCUT2D eigenvalue weighted by molar-refractivity contribution is -0.384. The summed E-state index contributed by atoms with van der Waals surface area (Å²) in [4.78, 5) is 26.2. The average molecular weight is 448 g/mol. The number of nitro benzene ring substituents is 1. The van der Waals surface area contributed by atoms with Crippen molar-refractivity contribution >= 4 is 41.1 Å². The fraction of sp³-hybridized carbons (Fsp3) is 0.273. The predicted octanol–water partition coefficient (Wildman–Crippen LogP) is 4.00. The van der Waals surface area contributed by atoms with E-state index in [0.717, 1.165) is 38.0 Å². The number of nitro groups is 1. The van der Waals surface area contributed by atoms with Gasteiger partial charge in [-0.25, -0.2) is 5.43 Å². The molecule has 3 N–H and O–H groups in total. The van der Waals surface area contributed by atoms with Crippen LogP contribution < -0.4 is 21.0 Å². The minimum atomic E-state index is -0.346. The Morgan fingerprint density at radius 3 is 2.45 bits per heavy atom. The normalized spacial score (nSPS) is 13.7. The zero-order valence-electron chi connectivity index (χ0n) is 18.2. The summed E-state index contributed by atoms with van der Waals surface area (Å²) in [5.74, 6) is 0.936. The third-order valence-corrected chi connectivity index (χ3v) is 5.16. The molecule has 11 heteroatoms. The second-order valence-corrected chi connectivity index (χ2v) is 7.47. The highest BCUT2D eigenvalue weighted by atomic mass is 16.6. The number of nitrogens with zero attached hydrogens (tertiary/aromatic N) is 6. The highest BCUT2D eigenvalue weighted by Gasteiger charge is 2.21. The summed E-state index contributed by atoms with van der Waals surface area (Å²) in [5, 5.41) is 21.8. The van der Waals surface area contributed by atoms with Crippen LogP contribution in [0.25, 0.3) is 0 Å². The van der Waals surface area contributed by atoms with E-state index in [1.54, 1.807) is 13.1 Å². The maximum absolute atomic E-state index is 11.6. The first-order chi connectivity index (χ1) is 16.1. The van der Waals surface area contributed by atoms with Crippen molar-refractivity contribution in [3.05, 3.63) is 64.2 Å². The molecule has 3 aromatic rings. The molecule has 2 heterocycles. The molecular weight excluding hydrogens is 422 g/mol. The molecular formula is C22H25N9O2. The van der Waals surface area contributed by atoms with Crippen molar-refractivity contribution in [3.63, 3.8) is 0 Å². The summed E-state index contributed by atoms with van der Waals surface area (Å²) in [5.41, 5.74) is 4.93. The molecule has 170 valence electrons. The van der Waals surface area contributed by atoms with Crippen LogP contribution in [0.5, 0.6) is 0 Å². The lowest BCUT2D eigenvalue weighted by Crippen LogP contribution is -2.29. The van der Waals surface area contributed by atoms with Gasteiger partial charge in [-0.2, -0.15) is 20.1 Å². The van der Waals surface area contributed by atoms with E-state index < -0.39 is 0 Å². The van der Waals surface area contributed by atoms with Gasteiger partial charge in [-0.1, -0.05) is 24.3 Å². The van der Waals surface area contributed by atoms with Crippen LogP contribution >= 0.6 is 0 Å². The number of hydrogen-bond donors (Lipinski definition) is 3. The van der Waals surface area contributed by atoms with Crippen LogP contribution in [0.4, 0.5) is 34.9 Å². The smallest absolute Gasteiger partial charge is 0.293 e. The Labute approximate surface area is 191 Å². The Hall–Kier alpha value is -4.28. The fourth-order valence-corrected chi connectivity index (χ4v) is 3.58. The second kappa shape index (κ2) is 10.4. The van der Waals surface area contributed by atoms with Crippen molar-refractivity contribution < 1.29 is 4.92 Å². The molecule has 0 bridgehead atoms. The molecule has 2 aromatic carbocycles. The Balaban J connectivity index is 1.49. The van der Waals surface area contributed by atoms with E-state index >= 15 is 0 Å². The summed E-state index contributed by atoms with van der Waals surface area (Å²) in [6.45, 7) is 1.67. The number of hydrogen-bond acceptors (Lipinski definition) is 10. The van der Waals surface area contributed by atoms with E-state index in [9.17, 15) is 10.1 Å². The van der Waals surface area contributed by atoms with Gasteiger partial charge >= 0.3 is 0 Å². The minimum absolute atomic E-state index is 0.0767. The molecule has 0 saturated carbocycles. The largest absolute Gasteiger partial charge is 0.366 e. The van der Waals surface area contributed by atoms with Gasteiger partial charge < -0.3 is 15.5 Å². The topological polar surface area (TPSA) is 134 Å². The molecule has 1 fully saturated rings. The third kappa shape index (κ3) is 5.70. The maximum Gasteiger partial charge on any atom is 0.293 e.